The van der Waals surface area contributed by atoms with Crippen molar-refractivity contribution in [2.45, 2.75) is 18.8 Å². The summed E-state index contributed by atoms with van der Waals surface area (Å²) in [4.78, 5) is 0. The van der Waals surface area contributed by atoms with E-state index in [9.17, 15) is 26.3 Å². The van der Waals surface area contributed by atoms with Crippen LogP contribution in [0.1, 0.15) is 17.5 Å². The maximum Gasteiger partial charge on any atom is 0.416 e. The standard InChI is InChI=1S/C13H9BF6/c15-12(16,17)9-6-10(13(18,19)20)8-11(7-9)14-4-2-1-3-5-14/h2-8H,1H2. The van der Waals surface area contributed by atoms with Gasteiger partial charge in [-0.15, -0.1) is 12.0 Å². The maximum atomic E-state index is 12.7. The molecular weight excluding hydrogens is 281 g/mol. The van der Waals surface area contributed by atoms with Gasteiger partial charge in [0.1, 0.15) is 0 Å². The van der Waals surface area contributed by atoms with Gasteiger partial charge >= 0.3 is 12.4 Å². The molecule has 1 aliphatic rings. The highest BCUT2D eigenvalue weighted by molar-refractivity contribution is 6.82. The van der Waals surface area contributed by atoms with Gasteiger partial charge in [-0.3, -0.25) is 0 Å². The summed E-state index contributed by atoms with van der Waals surface area (Å²) in [6, 6.07) is 1.67. The first-order valence-electron chi connectivity index (χ1n) is 5.80. The van der Waals surface area contributed by atoms with E-state index in [2.05, 4.69) is 0 Å². The summed E-state index contributed by atoms with van der Waals surface area (Å²) in [6.07, 6.45) is -5.58. The van der Waals surface area contributed by atoms with Crippen LogP contribution in [-0.2, 0) is 12.4 Å². The SMILES string of the molecule is FC(F)(F)c1cc(B2C=CCC=C2)cc(C(F)(F)F)c1. The van der Waals surface area contributed by atoms with Gasteiger partial charge in [0, 0.05) is 0 Å². The molecule has 1 heterocycles. The minimum atomic E-state index is -4.81. The Morgan fingerprint density at radius 2 is 1.20 bits per heavy atom. The molecule has 0 saturated carbocycles. The fourth-order valence-corrected chi connectivity index (χ4v) is 1.99. The Hall–Kier alpha value is -1.66. The van der Waals surface area contributed by atoms with E-state index >= 15 is 0 Å². The maximum absolute atomic E-state index is 12.7. The molecule has 0 aliphatic carbocycles. The molecule has 20 heavy (non-hydrogen) atoms. The zero-order valence-electron chi connectivity index (χ0n) is 10.1. The molecule has 0 spiro atoms. The van der Waals surface area contributed by atoms with Crippen molar-refractivity contribution in [2.75, 3.05) is 0 Å². The lowest BCUT2D eigenvalue weighted by molar-refractivity contribution is -0.142. The molecule has 0 bridgehead atoms. The average molecular weight is 290 g/mol. The van der Waals surface area contributed by atoms with Gasteiger partial charge < -0.3 is 0 Å². The smallest absolute Gasteiger partial charge is 0.166 e. The van der Waals surface area contributed by atoms with Gasteiger partial charge in [-0.05, 0) is 12.5 Å². The number of hydrogen-bond acceptors (Lipinski definition) is 0. The fourth-order valence-electron chi connectivity index (χ4n) is 1.99. The van der Waals surface area contributed by atoms with Crippen molar-refractivity contribution in [3.63, 3.8) is 0 Å². The van der Waals surface area contributed by atoms with Crippen LogP contribution in [-0.4, -0.2) is 6.71 Å². The largest absolute Gasteiger partial charge is 0.416 e. The summed E-state index contributed by atoms with van der Waals surface area (Å²) >= 11 is 0. The molecule has 7 heteroatoms. The lowest BCUT2D eigenvalue weighted by Gasteiger charge is -2.16. The lowest BCUT2D eigenvalue weighted by atomic mass is 9.43. The summed E-state index contributed by atoms with van der Waals surface area (Å²) in [5, 5.41) is 0. The average Bonchev–Trinajstić information content (AvgIpc) is 2.37. The van der Waals surface area contributed by atoms with Gasteiger partial charge in [-0.25, -0.2) is 0 Å². The Morgan fingerprint density at radius 3 is 1.60 bits per heavy atom. The summed E-state index contributed by atoms with van der Waals surface area (Å²) in [6.45, 7) is -0.563. The molecule has 0 saturated heterocycles. The van der Waals surface area contributed by atoms with Crippen LogP contribution >= 0.6 is 0 Å². The van der Waals surface area contributed by atoms with Crippen LogP contribution in [0.15, 0.2) is 42.3 Å². The quantitative estimate of drug-likeness (QED) is 0.541. The number of benzene rings is 1. The highest BCUT2D eigenvalue weighted by Gasteiger charge is 2.37. The van der Waals surface area contributed by atoms with Crippen LogP contribution in [0.3, 0.4) is 0 Å². The van der Waals surface area contributed by atoms with E-state index in [1.165, 1.54) is 0 Å². The van der Waals surface area contributed by atoms with E-state index in [1.807, 2.05) is 0 Å². The molecule has 106 valence electrons. The molecule has 0 unspecified atom stereocenters. The highest BCUT2D eigenvalue weighted by Crippen LogP contribution is 2.34. The van der Waals surface area contributed by atoms with Crippen molar-refractivity contribution in [1.82, 2.24) is 0 Å². The molecule has 0 N–H and O–H groups in total. The normalized spacial score (nSPS) is 15.8. The van der Waals surface area contributed by atoms with E-state index in [4.69, 9.17) is 0 Å². The Kier molecular flexibility index (Phi) is 3.71. The first kappa shape index (κ1) is 14.7. The van der Waals surface area contributed by atoms with Crippen LogP contribution < -0.4 is 5.46 Å². The molecule has 1 aliphatic heterocycles. The molecule has 0 nitrogen and oxygen atoms in total. The molecular formula is C13H9BF6. The molecule has 0 atom stereocenters. The van der Waals surface area contributed by atoms with Crippen LogP contribution in [0.25, 0.3) is 0 Å². The number of allylic oxidation sites excluding steroid dienone is 2. The van der Waals surface area contributed by atoms with Gasteiger partial charge in [0.15, 0.2) is 0 Å². The zero-order chi connectivity index (χ0) is 15.0. The van der Waals surface area contributed by atoms with Gasteiger partial charge in [-0.1, -0.05) is 29.7 Å². The first-order valence-corrected chi connectivity index (χ1v) is 5.80. The van der Waals surface area contributed by atoms with E-state index < -0.39 is 30.2 Å². The van der Waals surface area contributed by atoms with Crippen molar-refractivity contribution < 1.29 is 26.3 Å². The number of hydrogen-bond donors (Lipinski definition) is 0. The molecule has 1 aromatic rings. The summed E-state index contributed by atoms with van der Waals surface area (Å²) in [7, 11) is 0. The van der Waals surface area contributed by atoms with Gasteiger partial charge in [0.25, 0.3) is 0 Å². The van der Waals surface area contributed by atoms with Crippen LogP contribution in [0.2, 0.25) is 0 Å². The third kappa shape index (κ3) is 3.26. The Morgan fingerprint density at radius 1 is 0.750 bits per heavy atom. The summed E-state index contributed by atoms with van der Waals surface area (Å²) in [5.74, 6) is 3.19. The van der Waals surface area contributed by atoms with Crippen LogP contribution in [0.4, 0.5) is 26.3 Å². The number of rotatable bonds is 1. The summed E-state index contributed by atoms with van der Waals surface area (Å²) in [5.41, 5.74) is -2.58. The predicted molar refractivity (Wildman–Crippen MR) is 64.7 cm³/mol. The molecule has 0 aromatic heterocycles. The monoisotopic (exact) mass is 290 g/mol. The minimum Gasteiger partial charge on any atom is -0.166 e. The zero-order valence-corrected chi connectivity index (χ0v) is 10.1. The van der Waals surface area contributed by atoms with E-state index in [0.29, 0.717) is 6.42 Å². The highest BCUT2D eigenvalue weighted by atomic mass is 19.4. The van der Waals surface area contributed by atoms with Crippen molar-refractivity contribution in [2.24, 2.45) is 0 Å². The van der Waals surface area contributed by atoms with Crippen molar-refractivity contribution >= 4 is 12.2 Å². The Labute approximate surface area is 111 Å². The van der Waals surface area contributed by atoms with E-state index in [0.717, 1.165) is 12.1 Å². The third-order valence-electron chi connectivity index (χ3n) is 2.95. The number of alkyl halides is 6. The lowest BCUT2D eigenvalue weighted by Crippen LogP contribution is -2.30. The predicted octanol–water partition coefficient (Wildman–Crippen LogP) is 4.02. The van der Waals surface area contributed by atoms with Gasteiger partial charge in [0.2, 0.25) is 6.71 Å². The topological polar surface area (TPSA) is 0 Å². The van der Waals surface area contributed by atoms with E-state index in [-0.39, 0.29) is 11.5 Å². The summed E-state index contributed by atoms with van der Waals surface area (Å²) < 4.78 is 76.2. The van der Waals surface area contributed by atoms with Crippen LogP contribution in [0, 0.1) is 0 Å². The van der Waals surface area contributed by atoms with Crippen LogP contribution in [0.5, 0.6) is 0 Å². The molecule has 0 amide bonds. The molecule has 0 fully saturated rings. The first-order chi connectivity index (χ1) is 9.18. The second-order valence-electron chi connectivity index (χ2n) is 4.46. The third-order valence-corrected chi connectivity index (χ3v) is 2.95. The molecule has 0 radical (unpaired) electrons. The fraction of sp³-hybridized carbons (Fsp3) is 0.231. The molecule has 2 rings (SSSR count). The van der Waals surface area contributed by atoms with Gasteiger partial charge in [0.05, 0.1) is 11.1 Å². The van der Waals surface area contributed by atoms with Crippen molar-refractivity contribution in [3.8, 4) is 0 Å². The Balaban J connectivity index is 2.54. The van der Waals surface area contributed by atoms with Gasteiger partial charge in [-0.2, -0.15) is 26.3 Å². The second kappa shape index (κ2) is 5.03. The molecule has 1 aromatic carbocycles. The van der Waals surface area contributed by atoms with Crippen molar-refractivity contribution in [3.05, 3.63) is 53.4 Å². The van der Waals surface area contributed by atoms with Crippen molar-refractivity contribution in [1.29, 1.82) is 0 Å². The Bertz CT molecular complexity index is 509. The number of halogens is 6. The van der Waals surface area contributed by atoms with E-state index in [1.54, 1.807) is 24.1 Å². The minimum absolute atomic E-state index is 0.0145. The second-order valence-corrected chi connectivity index (χ2v) is 4.46.